The van der Waals surface area contributed by atoms with Crippen LogP contribution in [0.2, 0.25) is 0 Å². The van der Waals surface area contributed by atoms with Crippen LogP contribution in [0.25, 0.3) is 5.57 Å². The van der Waals surface area contributed by atoms with Crippen molar-refractivity contribution in [2.24, 2.45) is 10.7 Å². The predicted octanol–water partition coefficient (Wildman–Crippen LogP) is 1.66. The second kappa shape index (κ2) is 6.08. The predicted molar refractivity (Wildman–Crippen MR) is 66.8 cm³/mol. The molecule has 0 saturated carbocycles. The normalized spacial score (nSPS) is 11.3. The van der Waals surface area contributed by atoms with Gasteiger partial charge in [-0.15, -0.1) is 6.58 Å². The van der Waals surface area contributed by atoms with Gasteiger partial charge in [-0.1, -0.05) is 24.4 Å². The zero-order chi connectivity index (χ0) is 11.1. The fourth-order valence-corrected chi connectivity index (χ4v) is 1.53. The molecule has 1 aromatic rings. The maximum atomic E-state index is 5.66. The van der Waals surface area contributed by atoms with Gasteiger partial charge in [0, 0.05) is 5.75 Å². The zero-order valence-corrected chi connectivity index (χ0v) is 9.26. The van der Waals surface area contributed by atoms with E-state index in [1.165, 1.54) is 11.8 Å². The van der Waals surface area contributed by atoms with Crippen molar-refractivity contribution >= 4 is 22.5 Å². The molecule has 0 aliphatic carbocycles. The molecule has 0 saturated heterocycles. The highest BCUT2D eigenvalue weighted by Gasteiger charge is 2.01. The smallest absolute Gasteiger partial charge is 0.154 e. The number of H-pyrrole nitrogens is 1. The summed E-state index contributed by atoms with van der Waals surface area (Å²) in [5.41, 5.74) is 7.54. The second-order valence-corrected chi connectivity index (χ2v) is 3.82. The first-order valence-corrected chi connectivity index (χ1v) is 5.42. The average molecular weight is 222 g/mol. The Balaban J connectivity index is 2.37. The molecule has 0 spiro atoms. The van der Waals surface area contributed by atoms with Gasteiger partial charge in [-0.3, -0.25) is 4.99 Å². The van der Waals surface area contributed by atoms with Crippen LogP contribution in [-0.4, -0.2) is 27.4 Å². The summed E-state index contributed by atoms with van der Waals surface area (Å²) in [7, 11) is 0. The minimum absolute atomic E-state index is 0.551. The lowest BCUT2D eigenvalue weighted by molar-refractivity contribution is 1.25. The Morgan fingerprint density at radius 3 is 3.13 bits per heavy atom. The number of imidazole rings is 1. The van der Waals surface area contributed by atoms with Gasteiger partial charge >= 0.3 is 0 Å². The lowest BCUT2D eigenvalue weighted by atomic mass is 10.3. The molecule has 1 rings (SSSR count). The van der Waals surface area contributed by atoms with Crippen molar-refractivity contribution < 1.29 is 0 Å². The van der Waals surface area contributed by atoms with Crippen molar-refractivity contribution in [2.75, 3.05) is 12.3 Å². The molecule has 0 bridgehead atoms. The Hall–Kier alpha value is -1.49. The van der Waals surface area contributed by atoms with Crippen molar-refractivity contribution in [3.8, 4) is 0 Å². The van der Waals surface area contributed by atoms with Gasteiger partial charge in [0.25, 0.3) is 0 Å². The molecule has 0 unspecified atom stereocenters. The number of rotatable bonds is 5. The molecule has 0 aliphatic heterocycles. The maximum Gasteiger partial charge on any atom is 0.154 e. The molecule has 1 heterocycles. The Bertz CT molecular complexity index is 354. The van der Waals surface area contributed by atoms with Crippen LogP contribution in [-0.2, 0) is 0 Å². The molecule has 0 aliphatic rings. The van der Waals surface area contributed by atoms with Gasteiger partial charge < -0.3 is 10.7 Å². The summed E-state index contributed by atoms with van der Waals surface area (Å²) in [4.78, 5) is 11.0. The molecular formula is C10H14N4S. The standard InChI is InChI=1S/C10H14N4S/c1-3-4-13-10(11)15-6-8(2)9-5-12-7-14-9/h3,5,7H,1-2,4,6H2,(H2,11,13)(H,12,14). The SMILES string of the molecule is C=CCN=C(N)SCC(=C)c1cnc[nH]1. The number of amidine groups is 1. The van der Waals surface area contributed by atoms with Gasteiger partial charge in [0.1, 0.15) is 0 Å². The molecule has 4 nitrogen and oxygen atoms in total. The number of hydrogen-bond acceptors (Lipinski definition) is 3. The van der Waals surface area contributed by atoms with E-state index in [0.717, 1.165) is 11.3 Å². The van der Waals surface area contributed by atoms with Gasteiger partial charge in [-0.05, 0) is 5.57 Å². The van der Waals surface area contributed by atoms with Crippen LogP contribution in [0.1, 0.15) is 5.69 Å². The van der Waals surface area contributed by atoms with E-state index in [1.807, 2.05) is 0 Å². The minimum Gasteiger partial charge on any atom is -0.379 e. The van der Waals surface area contributed by atoms with E-state index in [0.29, 0.717) is 17.5 Å². The van der Waals surface area contributed by atoms with Crippen molar-refractivity contribution in [2.45, 2.75) is 0 Å². The van der Waals surface area contributed by atoms with E-state index in [9.17, 15) is 0 Å². The monoisotopic (exact) mass is 222 g/mol. The Morgan fingerprint density at radius 2 is 2.53 bits per heavy atom. The molecule has 80 valence electrons. The fourth-order valence-electron chi connectivity index (χ4n) is 0.888. The summed E-state index contributed by atoms with van der Waals surface area (Å²) in [5, 5.41) is 0.551. The number of aliphatic imine (C=N–C) groups is 1. The van der Waals surface area contributed by atoms with Crippen LogP contribution >= 0.6 is 11.8 Å². The largest absolute Gasteiger partial charge is 0.379 e. The summed E-state index contributed by atoms with van der Waals surface area (Å²) in [6.45, 7) is 8.04. The van der Waals surface area contributed by atoms with Crippen LogP contribution in [0.15, 0.2) is 36.8 Å². The summed E-state index contributed by atoms with van der Waals surface area (Å²) in [6.07, 6.45) is 5.07. The highest BCUT2D eigenvalue weighted by atomic mass is 32.2. The van der Waals surface area contributed by atoms with Gasteiger partial charge in [0.2, 0.25) is 0 Å². The highest BCUT2D eigenvalue weighted by Crippen LogP contribution is 2.14. The quantitative estimate of drug-likeness (QED) is 0.452. The summed E-state index contributed by atoms with van der Waals surface area (Å²) >= 11 is 1.46. The number of aromatic nitrogens is 2. The average Bonchev–Trinajstić information content (AvgIpc) is 2.76. The van der Waals surface area contributed by atoms with Crippen LogP contribution in [0.4, 0.5) is 0 Å². The van der Waals surface area contributed by atoms with Crippen LogP contribution in [0.5, 0.6) is 0 Å². The van der Waals surface area contributed by atoms with Crippen LogP contribution in [0.3, 0.4) is 0 Å². The molecule has 0 fully saturated rings. The number of thioether (sulfide) groups is 1. The van der Waals surface area contributed by atoms with Crippen molar-refractivity contribution in [1.29, 1.82) is 0 Å². The highest BCUT2D eigenvalue weighted by molar-refractivity contribution is 8.14. The van der Waals surface area contributed by atoms with Gasteiger partial charge in [-0.2, -0.15) is 0 Å². The molecule has 0 radical (unpaired) electrons. The van der Waals surface area contributed by atoms with E-state index >= 15 is 0 Å². The summed E-state index contributed by atoms with van der Waals surface area (Å²) < 4.78 is 0. The maximum absolute atomic E-state index is 5.66. The molecule has 5 heteroatoms. The molecule has 15 heavy (non-hydrogen) atoms. The van der Waals surface area contributed by atoms with Crippen LogP contribution < -0.4 is 5.73 Å². The number of nitrogens with zero attached hydrogens (tertiary/aromatic N) is 2. The number of aromatic amines is 1. The second-order valence-electron chi connectivity index (χ2n) is 2.83. The van der Waals surface area contributed by atoms with Crippen molar-refractivity contribution in [3.63, 3.8) is 0 Å². The van der Waals surface area contributed by atoms with Gasteiger partial charge in [0.15, 0.2) is 5.17 Å². The van der Waals surface area contributed by atoms with Crippen molar-refractivity contribution in [1.82, 2.24) is 9.97 Å². The molecule has 0 amide bonds. The van der Waals surface area contributed by atoms with Gasteiger partial charge in [0.05, 0.1) is 24.8 Å². The molecular weight excluding hydrogens is 208 g/mol. The molecule has 0 aromatic carbocycles. The number of nitrogens with one attached hydrogen (secondary N) is 1. The Kier molecular flexibility index (Phi) is 4.70. The Labute approximate surface area is 93.4 Å². The molecule has 1 aromatic heterocycles. The third-order valence-electron chi connectivity index (χ3n) is 1.65. The molecule has 0 atom stereocenters. The fraction of sp³-hybridized carbons (Fsp3) is 0.200. The molecule has 3 N–H and O–H groups in total. The first kappa shape index (κ1) is 11.6. The number of nitrogens with two attached hydrogens (primary N) is 1. The minimum atomic E-state index is 0.551. The first-order chi connectivity index (χ1) is 7.24. The van der Waals surface area contributed by atoms with E-state index in [-0.39, 0.29) is 0 Å². The Morgan fingerprint density at radius 1 is 1.73 bits per heavy atom. The topological polar surface area (TPSA) is 67.1 Å². The van der Waals surface area contributed by atoms with E-state index in [2.05, 4.69) is 28.1 Å². The third kappa shape index (κ3) is 4.03. The van der Waals surface area contributed by atoms with E-state index in [1.54, 1.807) is 18.6 Å². The van der Waals surface area contributed by atoms with E-state index < -0.39 is 0 Å². The lowest BCUT2D eigenvalue weighted by Gasteiger charge is -2.02. The zero-order valence-electron chi connectivity index (χ0n) is 8.44. The van der Waals surface area contributed by atoms with Crippen LogP contribution in [0, 0.1) is 0 Å². The van der Waals surface area contributed by atoms with Gasteiger partial charge in [-0.25, -0.2) is 4.98 Å². The number of hydrogen-bond donors (Lipinski definition) is 2. The first-order valence-electron chi connectivity index (χ1n) is 4.44. The summed E-state index contributed by atoms with van der Waals surface area (Å²) in [5.74, 6) is 0.703. The van der Waals surface area contributed by atoms with E-state index in [4.69, 9.17) is 5.73 Å². The third-order valence-corrected chi connectivity index (χ3v) is 2.57. The van der Waals surface area contributed by atoms with Crippen molar-refractivity contribution in [3.05, 3.63) is 37.5 Å². The lowest BCUT2D eigenvalue weighted by Crippen LogP contribution is -2.08. The summed E-state index contributed by atoms with van der Waals surface area (Å²) in [6, 6.07) is 0.